The molecule has 0 saturated carbocycles. The van der Waals surface area contributed by atoms with Crippen LogP contribution in [0.1, 0.15) is 23.0 Å². The predicted octanol–water partition coefficient (Wildman–Crippen LogP) is 4.82. The van der Waals surface area contributed by atoms with Crippen molar-refractivity contribution in [3.8, 4) is 5.75 Å². The average molecular weight is 446 g/mol. The van der Waals surface area contributed by atoms with Crippen LogP contribution in [0.25, 0.3) is 6.08 Å². The number of hydrogen-bond donors (Lipinski definition) is 1. The lowest BCUT2D eigenvalue weighted by molar-refractivity contribution is -0.274. The highest BCUT2D eigenvalue weighted by atomic mass is 19.4. The second-order valence-corrected chi connectivity index (χ2v) is 6.49. The monoisotopic (exact) mass is 446 g/mol. The molecule has 10 heteroatoms. The lowest BCUT2D eigenvalue weighted by Crippen LogP contribution is -2.25. The Kier molecular flexibility index (Phi) is 6.93. The molecule has 0 spiro atoms. The van der Waals surface area contributed by atoms with Crippen LogP contribution in [0, 0.1) is 6.92 Å². The van der Waals surface area contributed by atoms with Gasteiger partial charge in [0.2, 0.25) is 6.10 Å². The van der Waals surface area contributed by atoms with E-state index in [9.17, 15) is 22.8 Å². The van der Waals surface area contributed by atoms with Crippen molar-refractivity contribution in [2.24, 2.45) is 0 Å². The van der Waals surface area contributed by atoms with Crippen molar-refractivity contribution in [1.82, 2.24) is 5.16 Å². The molecule has 1 atom stereocenters. The number of carbonyl (C=O) groups excluding carboxylic acids is 2. The summed E-state index contributed by atoms with van der Waals surface area (Å²) in [6.07, 6.45) is -3.67. The Balaban J connectivity index is 1.69. The number of rotatable bonds is 7. The molecule has 1 unspecified atom stereocenters. The van der Waals surface area contributed by atoms with Crippen molar-refractivity contribution in [2.75, 3.05) is 5.32 Å². The van der Waals surface area contributed by atoms with Gasteiger partial charge in [-0.2, -0.15) is 0 Å². The Morgan fingerprint density at radius 2 is 1.78 bits per heavy atom. The van der Waals surface area contributed by atoms with Gasteiger partial charge in [0.25, 0.3) is 5.91 Å². The molecule has 0 saturated heterocycles. The summed E-state index contributed by atoms with van der Waals surface area (Å²) in [5.41, 5.74) is 0.857. The van der Waals surface area contributed by atoms with Gasteiger partial charge in [-0.3, -0.25) is 4.79 Å². The van der Waals surface area contributed by atoms with Crippen LogP contribution >= 0.6 is 0 Å². The van der Waals surface area contributed by atoms with E-state index in [1.807, 2.05) is 0 Å². The Hall–Kier alpha value is -4.08. The van der Waals surface area contributed by atoms with Gasteiger partial charge < -0.3 is 19.3 Å². The van der Waals surface area contributed by atoms with Gasteiger partial charge in [0.05, 0.1) is 0 Å². The number of halogens is 3. The lowest BCUT2D eigenvalue weighted by Gasteiger charge is -2.16. The van der Waals surface area contributed by atoms with Crippen LogP contribution in [0.4, 0.5) is 19.0 Å². The molecule has 0 fully saturated rings. The van der Waals surface area contributed by atoms with Crippen LogP contribution in [0.5, 0.6) is 5.75 Å². The first kappa shape index (κ1) is 22.6. The molecule has 0 radical (unpaired) electrons. The van der Waals surface area contributed by atoms with Crippen molar-refractivity contribution in [1.29, 1.82) is 0 Å². The van der Waals surface area contributed by atoms with Gasteiger partial charge >= 0.3 is 12.3 Å². The largest absolute Gasteiger partial charge is 0.573 e. The van der Waals surface area contributed by atoms with E-state index in [1.54, 1.807) is 37.3 Å². The fourth-order valence-corrected chi connectivity index (χ4v) is 2.62. The van der Waals surface area contributed by atoms with Gasteiger partial charge in [0.15, 0.2) is 5.82 Å². The minimum Gasteiger partial charge on any atom is -0.444 e. The highest BCUT2D eigenvalue weighted by Gasteiger charge is 2.31. The van der Waals surface area contributed by atoms with Crippen LogP contribution < -0.4 is 10.1 Å². The smallest absolute Gasteiger partial charge is 0.444 e. The zero-order valence-electron chi connectivity index (χ0n) is 16.6. The van der Waals surface area contributed by atoms with Gasteiger partial charge in [-0.15, -0.1) is 13.2 Å². The van der Waals surface area contributed by atoms with Crippen LogP contribution in [0.3, 0.4) is 0 Å². The van der Waals surface area contributed by atoms with Crippen LogP contribution in [-0.4, -0.2) is 23.4 Å². The topological polar surface area (TPSA) is 90.7 Å². The summed E-state index contributed by atoms with van der Waals surface area (Å²) in [6, 6.07) is 14.7. The SMILES string of the molecule is Cc1cc(NC(=O)C(OC(=O)/C=C/c2ccc(OC(F)(F)F)cc2)c2ccccc2)no1. The molecule has 3 aromatic rings. The molecule has 0 bridgehead atoms. The predicted molar refractivity (Wildman–Crippen MR) is 107 cm³/mol. The first-order chi connectivity index (χ1) is 15.2. The van der Waals surface area contributed by atoms with E-state index in [-0.39, 0.29) is 11.6 Å². The van der Waals surface area contributed by atoms with Gasteiger partial charge in [0.1, 0.15) is 11.5 Å². The molecule has 32 heavy (non-hydrogen) atoms. The number of nitrogens with one attached hydrogen (secondary N) is 1. The molecule has 1 N–H and O–H groups in total. The Morgan fingerprint density at radius 1 is 1.09 bits per heavy atom. The van der Waals surface area contributed by atoms with Gasteiger partial charge in [-0.25, -0.2) is 4.79 Å². The molecule has 166 valence electrons. The molecule has 0 aliphatic carbocycles. The number of anilines is 1. The van der Waals surface area contributed by atoms with Crippen molar-refractivity contribution >= 4 is 23.8 Å². The summed E-state index contributed by atoms with van der Waals surface area (Å²) in [5.74, 6) is -1.20. The number of benzene rings is 2. The standard InChI is InChI=1S/C22H17F3N2O5/c1-14-13-18(27-32-14)26-21(29)20(16-5-3-2-4-6-16)30-19(28)12-9-15-7-10-17(11-8-15)31-22(23,24)25/h2-13,20H,1H3,(H,26,27,29)/b12-9+. The highest BCUT2D eigenvalue weighted by molar-refractivity contribution is 5.97. The minimum atomic E-state index is -4.79. The van der Waals surface area contributed by atoms with E-state index in [2.05, 4.69) is 15.2 Å². The highest BCUT2D eigenvalue weighted by Crippen LogP contribution is 2.23. The molecule has 0 aliphatic heterocycles. The number of hydrogen-bond acceptors (Lipinski definition) is 6. The molecular formula is C22H17F3N2O5. The summed E-state index contributed by atoms with van der Waals surface area (Å²) in [5, 5.41) is 6.19. The normalized spacial score (nSPS) is 12.4. The number of esters is 1. The Bertz CT molecular complexity index is 1090. The van der Waals surface area contributed by atoms with Gasteiger partial charge in [0, 0.05) is 17.7 Å². The maximum atomic E-state index is 12.7. The van der Waals surface area contributed by atoms with E-state index in [0.717, 1.165) is 18.2 Å². The molecule has 7 nitrogen and oxygen atoms in total. The van der Waals surface area contributed by atoms with E-state index in [0.29, 0.717) is 16.9 Å². The summed E-state index contributed by atoms with van der Waals surface area (Å²) in [7, 11) is 0. The van der Waals surface area contributed by atoms with E-state index < -0.39 is 24.3 Å². The molecule has 1 heterocycles. The van der Waals surface area contributed by atoms with Gasteiger partial charge in [-0.1, -0.05) is 47.6 Å². The second kappa shape index (κ2) is 9.82. The van der Waals surface area contributed by atoms with Crippen LogP contribution in [0.15, 0.2) is 71.3 Å². The average Bonchev–Trinajstić information content (AvgIpc) is 3.15. The maximum absolute atomic E-state index is 12.7. The maximum Gasteiger partial charge on any atom is 0.573 e. The lowest BCUT2D eigenvalue weighted by atomic mass is 10.1. The number of aromatic nitrogens is 1. The molecule has 1 amide bonds. The summed E-state index contributed by atoms with van der Waals surface area (Å²) in [6.45, 7) is 1.66. The fourth-order valence-electron chi connectivity index (χ4n) is 2.62. The molecule has 2 aromatic carbocycles. The van der Waals surface area contributed by atoms with Crippen molar-refractivity contribution in [2.45, 2.75) is 19.4 Å². The third-order valence-corrected chi connectivity index (χ3v) is 3.98. The van der Waals surface area contributed by atoms with E-state index in [1.165, 1.54) is 24.3 Å². The zero-order valence-corrected chi connectivity index (χ0v) is 16.6. The number of aryl methyl sites for hydroxylation is 1. The van der Waals surface area contributed by atoms with Crippen molar-refractivity contribution in [3.63, 3.8) is 0 Å². The number of amides is 1. The first-order valence-electron chi connectivity index (χ1n) is 9.23. The van der Waals surface area contributed by atoms with Crippen molar-refractivity contribution in [3.05, 3.63) is 83.6 Å². The first-order valence-corrected chi connectivity index (χ1v) is 9.23. The molecule has 1 aromatic heterocycles. The number of carbonyl (C=O) groups is 2. The minimum absolute atomic E-state index is 0.168. The molecule has 3 rings (SSSR count). The van der Waals surface area contributed by atoms with E-state index >= 15 is 0 Å². The van der Waals surface area contributed by atoms with Crippen molar-refractivity contribution < 1.29 is 36.8 Å². The quantitative estimate of drug-likeness (QED) is 0.414. The van der Waals surface area contributed by atoms with E-state index in [4.69, 9.17) is 9.26 Å². The van der Waals surface area contributed by atoms with Crippen LogP contribution in [0.2, 0.25) is 0 Å². The number of alkyl halides is 3. The van der Waals surface area contributed by atoms with Gasteiger partial charge in [-0.05, 0) is 30.7 Å². The zero-order chi connectivity index (χ0) is 23.1. The second-order valence-electron chi connectivity index (χ2n) is 6.49. The third-order valence-electron chi connectivity index (χ3n) is 3.98. The Morgan fingerprint density at radius 3 is 2.38 bits per heavy atom. The summed E-state index contributed by atoms with van der Waals surface area (Å²) in [4.78, 5) is 25.0. The molecular weight excluding hydrogens is 429 g/mol. The third kappa shape index (κ3) is 6.73. The molecule has 0 aliphatic rings. The summed E-state index contributed by atoms with van der Waals surface area (Å²) < 4.78 is 50.7. The fraction of sp³-hybridized carbons (Fsp3) is 0.136. The van der Waals surface area contributed by atoms with Crippen LogP contribution in [-0.2, 0) is 14.3 Å². The summed E-state index contributed by atoms with van der Waals surface area (Å²) >= 11 is 0. The number of ether oxygens (including phenoxy) is 2. The number of nitrogens with zero attached hydrogens (tertiary/aromatic N) is 1. The Labute approximate surface area is 180 Å².